The van der Waals surface area contributed by atoms with Crippen LogP contribution in [0.4, 0.5) is 0 Å². The van der Waals surface area contributed by atoms with Crippen LogP contribution in [0.25, 0.3) is 10.8 Å². The highest BCUT2D eigenvalue weighted by Crippen LogP contribution is 2.52. The summed E-state index contributed by atoms with van der Waals surface area (Å²) in [5.41, 5.74) is -0.00523. The molecular weight excluding hydrogens is 374 g/mol. The van der Waals surface area contributed by atoms with E-state index < -0.39 is 11.9 Å². The third-order valence-electron chi connectivity index (χ3n) is 4.73. The Labute approximate surface area is 170 Å². The molecule has 0 radical (unpaired) electrons. The van der Waals surface area contributed by atoms with Gasteiger partial charge in [-0.15, -0.1) is 0 Å². The third-order valence-corrected chi connectivity index (χ3v) is 4.73. The van der Waals surface area contributed by atoms with Gasteiger partial charge in [-0.3, -0.25) is 9.59 Å². The lowest BCUT2D eigenvalue weighted by atomic mass is 9.87. The van der Waals surface area contributed by atoms with Crippen LogP contribution in [0.2, 0.25) is 0 Å². The predicted octanol–water partition coefficient (Wildman–Crippen LogP) is 4.39. The van der Waals surface area contributed by atoms with Gasteiger partial charge in [-0.25, -0.2) is 0 Å². The van der Waals surface area contributed by atoms with Crippen LogP contribution in [0.1, 0.15) is 46.1 Å². The average Bonchev–Trinajstić information content (AvgIpc) is 2.67. The SMILES string of the molecule is CCC(C)(C)CC(=O)Oc1c(OC)c(OC)c(OC(C)=O)c2cccc(C#N)c12. The molecule has 29 heavy (non-hydrogen) atoms. The minimum Gasteiger partial charge on any atom is -0.490 e. The van der Waals surface area contributed by atoms with Crippen molar-refractivity contribution in [3.8, 4) is 29.1 Å². The molecule has 0 bridgehead atoms. The van der Waals surface area contributed by atoms with Crippen LogP contribution in [0.3, 0.4) is 0 Å². The Bertz CT molecular complexity index is 987. The van der Waals surface area contributed by atoms with E-state index in [2.05, 4.69) is 6.07 Å². The highest BCUT2D eigenvalue weighted by atomic mass is 16.6. The summed E-state index contributed by atoms with van der Waals surface area (Å²) in [7, 11) is 2.76. The average molecular weight is 399 g/mol. The normalized spacial score (nSPS) is 10.9. The van der Waals surface area contributed by atoms with Crippen LogP contribution >= 0.6 is 0 Å². The van der Waals surface area contributed by atoms with E-state index in [0.29, 0.717) is 10.8 Å². The fourth-order valence-electron chi connectivity index (χ4n) is 2.90. The molecule has 7 nitrogen and oxygen atoms in total. The zero-order chi connectivity index (χ0) is 21.8. The first-order chi connectivity index (χ1) is 13.7. The van der Waals surface area contributed by atoms with Gasteiger partial charge in [-0.05, 0) is 11.5 Å². The second-order valence-electron chi connectivity index (χ2n) is 7.33. The van der Waals surface area contributed by atoms with Crippen molar-refractivity contribution in [1.29, 1.82) is 5.26 Å². The Morgan fingerprint density at radius 2 is 1.66 bits per heavy atom. The van der Waals surface area contributed by atoms with Gasteiger partial charge in [-0.1, -0.05) is 39.3 Å². The Kier molecular flexibility index (Phi) is 6.70. The van der Waals surface area contributed by atoms with E-state index in [1.807, 2.05) is 20.8 Å². The quantitative estimate of drug-likeness (QED) is 0.503. The van der Waals surface area contributed by atoms with E-state index >= 15 is 0 Å². The second-order valence-corrected chi connectivity index (χ2v) is 7.33. The topological polar surface area (TPSA) is 94.8 Å². The molecule has 0 unspecified atom stereocenters. The van der Waals surface area contributed by atoms with Gasteiger partial charge in [0, 0.05) is 12.3 Å². The molecule has 0 aliphatic heterocycles. The fourth-order valence-corrected chi connectivity index (χ4v) is 2.90. The molecule has 2 aromatic rings. The number of rotatable bonds is 7. The zero-order valence-electron chi connectivity index (χ0n) is 17.5. The number of fused-ring (bicyclic) bond motifs is 1. The Balaban J connectivity index is 2.81. The first-order valence-electron chi connectivity index (χ1n) is 9.18. The van der Waals surface area contributed by atoms with Crippen molar-refractivity contribution < 1.29 is 28.5 Å². The molecule has 2 aromatic carbocycles. The lowest BCUT2D eigenvalue weighted by Gasteiger charge is -2.23. The van der Waals surface area contributed by atoms with Crippen LogP contribution in [-0.4, -0.2) is 26.2 Å². The summed E-state index contributed by atoms with van der Waals surface area (Å²) in [6.45, 7) is 7.18. The largest absolute Gasteiger partial charge is 0.490 e. The monoisotopic (exact) mass is 399 g/mol. The van der Waals surface area contributed by atoms with Gasteiger partial charge in [0.05, 0.1) is 37.7 Å². The van der Waals surface area contributed by atoms with Crippen molar-refractivity contribution in [2.24, 2.45) is 5.41 Å². The molecule has 7 heteroatoms. The minimum absolute atomic E-state index is 0.0595. The lowest BCUT2D eigenvalue weighted by molar-refractivity contribution is -0.136. The van der Waals surface area contributed by atoms with Gasteiger partial charge < -0.3 is 18.9 Å². The van der Waals surface area contributed by atoms with E-state index in [-0.39, 0.29) is 40.4 Å². The standard InChI is InChI=1S/C22H25NO6/c1-7-22(3,4)11-16(25)29-19-17-14(12-23)9-8-10-15(17)18(28-13(2)24)20(26-5)21(19)27-6/h8-10H,7,11H2,1-6H3. The number of hydrogen-bond donors (Lipinski definition) is 0. The molecule has 0 spiro atoms. The molecule has 0 amide bonds. The molecule has 154 valence electrons. The highest BCUT2D eigenvalue weighted by Gasteiger charge is 2.29. The highest BCUT2D eigenvalue weighted by molar-refractivity contribution is 6.04. The maximum Gasteiger partial charge on any atom is 0.311 e. The Morgan fingerprint density at radius 1 is 1.03 bits per heavy atom. The third kappa shape index (κ3) is 4.60. The number of benzene rings is 2. The van der Waals surface area contributed by atoms with E-state index in [9.17, 15) is 14.9 Å². The van der Waals surface area contributed by atoms with Crippen LogP contribution < -0.4 is 18.9 Å². The molecular formula is C22H25NO6. The molecule has 0 N–H and O–H groups in total. The van der Waals surface area contributed by atoms with Crippen molar-refractivity contribution >= 4 is 22.7 Å². The van der Waals surface area contributed by atoms with Crippen LogP contribution in [0.15, 0.2) is 18.2 Å². The zero-order valence-corrected chi connectivity index (χ0v) is 17.5. The summed E-state index contributed by atoms with van der Waals surface area (Å²) in [5.74, 6) is -0.707. The minimum atomic E-state index is -0.566. The number of esters is 2. The summed E-state index contributed by atoms with van der Waals surface area (Å²) in [6, 6.07) is 6.97. The first-order valence-corrected chi connectivity index (χ1v) is 9.18. The van der Waals surface area contributed by atoms with Crippen molar-refractivity contribution in [3.05, 3.63) is 23.8 Å². The van der Waals surface area contributed by atoms with Gasteiger partial charge in [-0.2, -0.15) is 5.26 Å². The Morgan fingerprint density at radius 3 is 2.17 bits per heavy atom. The molecule has 0 saturated heterocycles. The molecule has 0 aliphatic carbocycles. The van der Waals surface area contributed by atoms with E-state index in [1.54, 1.807) is 18.2 Å². The maximum absolute atomic E-state index is 12.7. The molecule has 0 fully saturated rings. The number of carbonyl (C=O) groups is 2. The summed E-state index contributed by atoms with van der Waals surface area (Å²) >= 11 is 0. The maximum atomic E-state index is 12.7. The molecule has 0 heterocycles. The molecule has 0 aliphatic rings. The summed E-state index contributed by atoms with van der Waals surface area (Å²) in [4.78, 5) is 24.3. The smallest absolute Gasteiger partial charge is 0.311 e. The van der Waals surface area contributed by atoms with Crippen molar-refractivity contribution in [2.45, 2.75) is 40.5 Å². The van der Waals surface area contributed by atoms with Crippen molar-refractivity contribution in [2.75, 3.05) is 14.2 Å². The van der Waals surface area contributed by atoms with Crippen LogP contribution in [-0.2, 0) is 9.59 Å². The van der Waals surface area contributed by atoms with Gasteiger partial charge in [0.25, 0.3) is 0 Å². The van der Waals surface area contributed by atoms with E-state index in [0.717, 1.165) is 6.42 Å². The number of methoxy groups -OCH3 is 2. The molecule has 2 rings (SSSR count). The summed E-state index contributed by atoms with van der Waals surface area (Å²) < 4.78 is 21.9. The van der Waals surface area contributed by atoms with E-state index in [4.69, 9.17) is 18.9 Å². The number of nitriles is 1. The molecule has 0 aromatic heterocycles. The summed E-state index contributed by atoms with van der Waals surface area (Å²) in [5, 5.41) is 10.3. The first kappa shape index (κ1) is 22.0. The van der Waals surface area contributed by atoms with Gasteiger partial charge in [0.2, 0.25) is 11.5 Å². The number of carbonyl (C=O) groups excluding carboxylic acids is 2. The van der Waals surface area contributed by atoms with Crippen LogP contribution in [0, 0.1) is 16.7 Å². The lowest BCUT2D eigenvalue weighted by Crippen LogP contribution is -2.20. The fraction of sp³-hybridized carbons (Fsp3) is 0.409. The van der Waals surface area contributed by atoms with Gasteiger partial charge in [0.15, 0.2) is 11.5 Å². The molecule has 0 atom stereocenters. The van der Waals surface area contributed by atoms with Gasteiger partial charge in [0.1, 0.15) is 0 Å². The van der Waals surface area contributed by atoms with Crippen LogP contribution in [0.5, 0.6) is 23.0 Å². The van der Waals surface area contributed by atoms with Crippen molar-refractivity contribution in [3.63, 3.8) is 0 Å². The van der Waals surface area contributed by atoms with Crippen molar-refractivity contribution in [1.82, 2.24) is 0 Å². The number of ether oxygens (including phenoxy) is 4. The number of nitrogens with zero attached hydrogens (tertiary/aromatic N) is 1. The Hall–Kier alpha value is -3.27. The summed E-state index contributed by atoms with van der Waals surface area (Å²) in [6.07, 6.45) is 0.967. The van der Waals surface area contributed by atoms with Gasteiger partial charge >= 0.3 is 11.9 Å². The molecule has 0 saturated carbocycles. The number of hydrogen-bond acceptors (Lipinski definition) is 7. The predicted molar refractivity (Wildman–Crippen MR) is 107 cm³/mol. The second kappa shape index (κ2) is 8.82. The van der Waals surface area contributed by atoms with E-state index in [1.165, 1.54) is 21.1 Å².